The van der Waals surface area contributed by atoms with Gasteiger partial charge in [-0.15, -0.1) is 10.2 Å². The van der Waals surface area contributed by atoms with Gasteiger partial charge in [-0.3, -0.25) is 0 Å². The van der Waals surface area contributed by atoms with E-state index in [-0.39, 0.29) is 5.92 Å². The number of para-hydroxylation sites is 2. The van der Waals surface area contributed by atoms with Crippen molar-refractivity contribution in [2.24, 2.45) is 0 Å². The van der Waals surface area contributed by atoms with Gasteiger partial charge in [-0.1, -0.05) is 138 Å². The molecule has 0 N–H and O–H groups in total. The van der Waals surface area contributed by atoms with E-state index in [1.807, 2.05) is 21.5 Å². The van der Waals surface area contributed by atoms with Crippen LogP contribution in [0.5, 0.6) is 0 Å². The molecule has 0 aliphatic heterocycles. The van der Waals surface area contributed by atoms with Crippen LogP contribution in [0.25, 0.3) is 21.8 Å². The van der Waals surface area contributed by atoms with Crippen LogP contribution in [0.1, 0.15) is 56.5 Å². The minimum Gasteiger partial charge on any atom is -0.338 e. The lowest BCUT2D eigenvalue weighted by molar-refractivity contribution is 0.648. The third-order valence-corrected chi connectivity index (χ3v) is 10.5. The predicted octanol–water partition coefficient (Wildman–Crippen LogP) is 8.77. The van der Waals surface area contributed by atoms with Crippen molar-refractivity contribution in [1.82, 2.24) is 39.1 Å². The minimum absolute atomic E-state index is 0.0176. The molecule has 0 amide bonds. The molecule has 0 atom stereocenters. The normalized spacial score (nSPS) is 11.7. The first kappa shape index (κ1) is 32.4. The Hall–Kier alpha value is -6.54. The Morgan fingerprint density at radius 3 is 1.30 bits per heavy atom. The standard InChI is InChI=1S/C45H40N8/c1-32-43(39-22-12-14-24-41(39)52(32)30-37-28-50(48-46-37)26-34-16-6-3-7-17-34)45(36-20-10-5-11-21-36)44-33(2)53(42-25-15-13-23-40(42)44)31-38-29-51(49-47-38)27-35-18-8-4-9-19-35/h3-25,28-29,45H,26-27,30-31H2,1-2H3. The van der Waals surface area contributed by atoms with Crippen molar-refractivity contribution in [3.05, 3.63) is 203 Å². The van der Waals surface area contributed by atoms with E-state index in [2.05, 4.69) is 183 Å². The van der Waals surface area contributed by atoms with E-state index in [1.165, 1.54) is 61.0 Å². The maximum atomic E-state index is 4.63. The highest BCUT2D eigenvalue weighted by molar-refractivity contribution is 5.92. The molecular weight excluding hydrogens is 653 g/mol. The molecule has 4 aromatic heterocycles. The van der Waals surface area contributed by atoms with Gasteiger partial charge in [0.2, 0.25) is 0 Å². The molecule has 9 aromatic rings. The summed E-state index contributed by atoms with van der Waals surface area (Å²) in [7, 11) is 0. The molecule has 0 bridgehead atoms. The molecule has 0 spiro atoms. The minimum atomic E-state index is -0.0176. The Kier molecular flexibility index (Phi) is 8.48. The van der Waals surface area contributed by atoms with E-state index < -0.39 is 0 Å². The number of hydrogen-bond donors (Lipinski definition) is 0. The van der Waals surface area contributed by atoms with Crippen LogP contribution in [0.4, 0.5) is 0 Å². The van der Waals surface area contributed by atoms with Gasteiger partial charge in [0.15, 0.2) is 0 Å². The fraction of sp³-hybridized carbons (Fsp3) is 0.156. The lowest BCUT2D eigenvalue weighted by Gasteiger charge is -2.21. The first-order valence-corrected chi connectivity index (χ1v) is 18.2. The van der Waals surface area contributed by atoms with Crippen LogP contribution >= 0.6 is 0 Å². The van der Waals surface area contributed by atoms with Crippen molar-refractivity contribution in [2.75, 3.05) is 0 Å². The van der Waals surface area contributed by atoms with Crippen LogP contribution in [0, 0.1) is 13.8 Å². The summed E-state index contributed by atoms with van der Waals surface area (Å²) in [4.78, 5) is 0. The molecule has 0 aliphatic rings. The SMILES string of the molecule is Cc1c(C(c2ccccc2)c2c(C)n(Cc3cn(Cc4ccccc4)nn3)c3ccccc23)c2ccccc2n1Cc1cn(Cc2ccccc2)nn1. The fourth-order valence-electron chi connectivity index (χ4n) is 8.02. The summed E-state index contributed by atoms with van der Waals surface area (Å²) < 4.78 is 8.68. The number of benzene rings is 5. The summed E-state index contributed by atoms with van der Waals surface area (Å²) in [5.74, 6) is -0.0176. The van der Waals surface area contributed by atoms with Gasteiger partial charge in [0.1, 0.15) is 11.4 Å². The first-order valence-electron chi connectivity index (χ1n) is 18.2. The molecule has 53 heavy (non-hydrogen) atoms. The van der Waals surface area contributed by atoms with Crippen molar-refractivity contribution >= 4 is 21.8 Å². The second-order valence-electron chi connectivity index (χ2n) is 13.8. The Morgan fingerprint density at radius 2 is 0.849 bits per heavy atom. The molecule has 0 saturated heterocycles. The van der Waals surface area contributed by atoms with Gasteiger partial charge in [-0.05, 0) is 53.8 Å². The van der Waals surface area contributed by atoms with E-state index in [1.54, 1.807) is 0 Å². The van der Waals surface area contributed by atoms with E-state index in [0.29, 0.717) is 26.2 Å². The molecule has 0 radical (unpaired) electrons. The molecule has 5 aromatic carbocycles. The summed E-state index contributed by atoms with van der Waals surface area (Å²) in [6, 6.07) is 49.3. The van der Waals surface area contributed by atoms with Gasteiger partial charge >= 0.3 is 0 Å². The number of hydrogen-bond acceptors (Lipinski definition) is 4. The fourth-order valence-corrected chi connectivity index (χ4v) is 8.02. The van der Waals surface area contributed by atoms with Crippen LogP contribution in [0.15, 0.2) is 152 Å². The quantitative estimate of drug-likeness (QED) is 0.136. The predicted molar refractivity (Wildman–Crippen MR) is 210 cm³/mol. The van der Waals surface area contributed by atoms with Crippen molar-refractivity contribution in [3.63, 3.8) is 0 Å². The summed E-state index contributed by atoms with van der Waals surface area (Å²) in [6.45, 7) is 7.16. The summed E-state index contributed by atoms with van der Waals surface area (Å²) in [5.41, 5.74) is 13.0. The van der Waals surface area contributed by atoms with Gasteiger partial charge in [-0.25, -0.2) is 9.36 Å². The highest BCUT2D eigenvalue weighted by atomic mass is 15.4. The highest BCUT2D eigenvalue weighted by Gasteiger charge is 2.30. The Bertz CT molecular complexity index is 2480. The van der Waals surface area contributed by atoms with E-state index in [0.717, 1.165) is 11.4 Å². The van der Waals surface area contributed by atoms with Gasteiger partial charge in [0.25, 0.3) is 0 Å². The molecule has 0 unspecified atom stereocenters. The second-order valence-corrected chi connectivity index (χ2v) is 13.8. The summed E-state index contributed by atoms with van der Waals surface area (Å²) >= 11 is 0. The number of rotatable bonds is 11. The van der Waals surface area contributed by atoms with Crippen molar-refractivity contribution in [1.29, 1.82) is 0 Å². The Labute approximate surface area is 308 Å². The van der Waals surface area contributed by atoms with Crippen LogP contribution < -0.4 is 0 Å². The molecule has 8 nitrogen and oxygen atoms in total. The average Bonchev–Trinajstić information content (AvgIpc) is 3.97. The zero-order valence-electron chi connectivity index (χ0n) is 29.9. The second kappa shape index (κ2) is 13.9. The molecule has 0 saturated carbocycles. The zero-order chi connectivity index (χ0) is 35.7. The van der Waals surface area contributed by atoms with E-state index >= 15 is 0 Å². The topological polar surface area (TPSA) is 71.3 Å². The third-order valence-electron chi connectivity index (χ3n) is 10.5. The molecule has 260 valence electrons. The number of fused-ring (bicyclic) bond motifs is 2. The molecule has 0 aliphatic carbocycles. The van der Waals surface area contributed by atoms with Crippen LogP contribution in [-0.4, -0.2) is 39.1 Å². The summed E-state index contributed by atoms with van der Waals surface area (Å²) in [6.07, 6.45) is 4.15. The average molecular weight is 693 g/mol. The zero-order valence-corrected chi connectivity index (χ0v) is 29.9. The number of nitrogens with zero attached hydrogens (tertiary/aromatic N) is 8. The Balaban J connectivity index is 1.14. The maximum absolute atomic E-state index is 4.63. The van der Waals surface area contributed by atoms with E-state index in [4.69, 9.17) is 0 Å². The van der Waals surface area contributed by atoms with Gasteiger partial charge in [-0.2, -0.15) is 0 Å². The van der Waals surface area contributed by atoms with Gasteiger partial charge in [0, 0.05) is 39.1 Å². The first-order chi connectivity index (χ1) is 26.1. The maximum Gasteiger partial charge on any atom is 0.102 e. The smallest absolute Gasteiger partial charge is 0.102 e. The van der Waals surface area contributed by atoms with E-state index in [9.17, 15) is 0 Å². The van der Waals surface area contributed by atoms with Gasteiger partial charge < -0.3 is 9.13 Å². The number of aromatic nitrogens is 8. The molecule has 8 heteroatoms. The van der Waals surface area contributed by atoms with Crippen molar-refractivity contribution in [2.45, 2.75) is 45.9 Å². The largest absolute Gasteiger partial charge is 0.338 e. The van der Waals surface area contributed by atoms with Crippen molar-refractivity contribution in [3.8, 4) is 0 Å². The molecule has 4 heterocycles. The molecular formula is C45H40N8. The lowest BCUT2D eigenvalue weighted by Crippen LogP contribution is -2.09. The van der Waals surface area contributed by atoms with Crippen LogP contribution in [-0.2, 0) is 26.2 Å². The third kappa shape index (κ3) is 6.22. The molecule has 9 rings (SSSR count). The highest BCUT2D eigenvalue weighted by Crippen LogP contribution is 2.44. The lowest BCUT2D eigenvalue weighted by atomic mass is 9.82. The van der Waals surface area contributed by atoms with Crippen LogP contribution in [0.3, 0.4) is 0 Å². The van der Waals surface area contributed by atoms with Crippen molar-refractivity contribution < 1.29 is 0 Å². The van der Waals surface area contributed by atoms with Crippen LogP contribution in [0.2, 0.25) is 0 Å². The summed E-state index contributed by atoms with van der Waals surface area (Å²) in [5, 5.41) is 20.7. The molecule has 0 fully saturated rings. The Morgan fingerprint density at radius 1 is 0.453 bits per heavy atom. The monoisotopic (exact) mass is 692 g/mol. The van der Waals surface area contributed by atoms with Gasteiger partial charge in [0.05, 0.1) is 38.6 Å².